The average molecular weight is 844 g/mol. The number of aromatic nitrogens is 1. The van der Waals surface area contributed by atoms with Gasteiger partial charge in [-0.1, -0.05) is 26.0 Å². The van der Waals surface area contributed by atoms with E-state index in [-0.39, 0.29) is 55.2 Å². The Labute approximate surface area is 331 Å². The summed E-state index contributed by atoms with van der Waals surface area (Å²) in [5.41, 5.74) is -1.81. The number of carbonyl (C=O) groups is 4. The highest BCUT2D eigenvalue weighted by Gasteiger charge is 2.64. The Balaban J connectivity index is 1.36. The van der Waals surface area contributed by atoms with E-state index in [1.54, 1.807) is 25.1 Å². The second-order valence-corrected chi connectivity index (χ2v) is 17.9. The van der Waals surface area contributed by atoms with E-state index >= 15 is 0 Å². The number of sulfonamides is 1. The summed E-state index contributed by atoms with van der Waals surface area (Å²) >= 11 is 0. The van der Waals surface area contributed by atoms with Gasteiger partial charge in [0.05, 0.1) is 19.0 Å². The summed E-state index contributed by atoms with van der Waals surface area (Å²) in [4.78, 5) is 61.1. The number of nitrogens with one attached hydrogen (secondary N) is 3. The van der Waals surface area contributed by atoms with E-state index in [0.29, 0.717) is 31.6 Å². The number of methoxy groups -OCH3 is 1. The molecule has 3 heterocycles. The topological polar surface area (TPSA) is 182 Å². The lowest BCUT2D eigenvalue weighted by Crippen LogP contribution is -2.59. The number of benzene rings is 1. The minimum absolute atomic E-state index is 0.00872. The number of nitrogens with zero attached hydrogens (tertiary/aromatic N) is 2. The number of ether oxygens (including phenoxy) is 3. The number of alkyl carbamates (subject to hydrolysis) is 1. The Morgan fingerprint density at radius 2 is 1.86 bits per heavy atom. The van der Waals surface area contributed by atoms with Crippen molar-refractivity contribution in [1.82, 2.24) is 25.2 Å². The lowest BCUT2D eigenvalue weighted by Gasteiger charge is -2.33. The van der Waals surface area contributed by atoms with E-state index < -0.39 is 98.9 Å². The van der Waals surface area contributed by atoms with Crippen LogP contribution in [0.2, 0.25) is 0 Å². The van der Waals surface area contributed by atoms with Crippen LogP contribution >= 0.6 is 0 Å². The number of fused-ring (bicyclic) bond motifs is 3. The van der Waals surface area contributed by atoms with Crippen LogP contribution in [0.4, 0.5) is 26.7 Å². The van der Waals surface area contributed by atoms with Crippen LogP contribution in [0.15, 0.2) is 36.5 Å². The number of allylic oxidation sites excluding steroid dienone is 1. The highest BCUT2D eigenvalue weighted by molar-refractivity contribution is 7.91. The first kappa shape index (κ1) is 42.8. The van der Waals surface area contributed by atoms with Gasteiger partial charge in [-0.25, -0.2) is 27.0 Å². The van der Waals surface area contributed by atoms with Gasteiger partial charge in [-0.3, -0.25) is 19.1 Å². The predicted molar refractivity (Wildman–Crippen MR) is 197 cm³/mol. The molecule has 2 aromatic rings. The maximum atomic E-state index is 14.7. The molecule has 318 valence electrons. The Morgan fingerprint density at radius 1 is 1.14 bits per heavy atom. The molecule has 14 nitrogen and oxygen atoms in total. The third kappa shape index (κ3) is 8.66. The summed E-state index contributed by atoms with van der Waals surface area (Å²) in [7, 11) is -3.14. The van der Waals surface area contributed by atoms with Crippen LogP contribution in [0.1, 0.15) is 65.7 Å². The predicted octanol–water partition coefficient (Wildman–Crippen LogP) is 4.61. The highest BCUT2D eigenvalue weighted by atomic mass is 32.2. The second-order valence-electron chi connectivity index (χ2n) is 15.9. The Hall–Kier alpha value is -4.75. The van der Waals surface area contributed by atoms with Gasteiger partial charge in [0.25, 0.3) is 5.91 Å². The third-order valence-corrected chi connectivity index (χ3v) is 13.7. The minimum Gasteiger partial charge on any atom is -0.496 e. The zero-order valence-corrected chi connectivity index (χ0v) is 33.1. The van der Waals surface area contributed by atoms with Crippen molar-refractivity contribution in [3.63, 3.8) is 0 Å². The van der Waals surface area contributed by atoms with Crippen molar-refractivity contribution in [2.75, 3.05) is 20.3 Å². The van der Waals surface area contributed by atoms with Gasteiger partial charge in [0, 0.05) is 30.0 Å². The van der Waals surface area contributed by atoms with Crippen molar-refractivity contribution in [2.24, 2.45) is 17.8 Å². The number of amides is 4. The van der Waals surface area contributed by atoms with E-state index in [9.17, 15) is 49.5 Å². The fourth-order valence-corrected chi connectivity index (χ4v) is 9.18. The Bertz CT molecular complexity index is 2080. The molecule has 0 bridgehead atoms. The quantitative estimate of drug-likeness (QED) is 0.238. The van der Waals surface area contributed by atoms with Gasteiger partial charge in [0.15, 0.2) is 6.10 Å². The van der Waals surface area contributed by atoms with Crippen LogP contribution in [-0.4, -0.2) is 103 Å². The molecule has 0 unspecified atom stereocenters. The molecular formula is C38H46F5N5O9S. The molecule has 0 spiro atoms. The maximum Gasteiger partial charge on any atom is 0.425 e. The fourth-order valence-electron chi connectivity index (χ4n) is 7.75. The van der Waals surface area contributed by atoms with Gasteiger partial charge in [-0.15, -0.1) is 0 Å². The average Bonchev–Trinajstić information content (AvgIpc) is 4.06. The van der Waals surface area contributed by atoms with E-state index in [1.807, 2.05) is 11.6 Å². The summed E-state index contributed by atoms with van der Waals surface area (Å²) in [6.07, 6.45) is -4.03. The van der Waals surface area contributed by atoms with Crippen molar-refractivity contribution >= 4 is 44.6 Å². The largest absolute Gasteiger partial charge is 0.496 e. The highest BCUT2D eigenvalue weighted by Crippen LogP contribution is 2.48. The van der Waals surface area contributed by atoms with E-state index in [1.165, 1.54) is 13.3 Å². The summed E-state index contributed by atoms with van der Waals surface area (Å²) in [6.45, 7) is 2.59. The molecule has 58 heavy (non-hydrogen) atoms. The number of rotatable bonds is 9. The van der Waals surface area contributed by atoms with Crippen LogP contribution in [-0.2, 0) is 29.1 Å². The summed E-state index contributed by atoms with van der Waals surface area (Å²) in [5.74, 6) is -4.90. The zero-order valence-electron chi connectivity index (χ0n) is 32.2. The molecule has 4 amide bonds. The third-order valence-electron chi connectivity index (χ3n) is 11.6. The number of pyridine rings is 1. The lowest BCUT2D eigenvalue weighted by molar-refractivity contribution is -0.197. The van der Waals surface area contributed by atoms with Crippen LogP contribution in [0.3, 0.4) is 0 Å². The number of hydrogen-bond donors (Lipinski definition) is 3. The molecular weight excluding hydrogens is 798 g/mol. The minimum atomic E-state index is -4.89. The molecule has 1 saturated heterocycles. The molecule has 1 aromatic carbocycles. The molecule has 2 aliphatic heterocycles. The van der Waals surface area contributed by atoms with Gasteiger partial charge in [0.2, 0.25) is 27.7 Å². The van der Waals surface area contributed by atoms with Crippen molar-refractivity contribution in [2.45, 2.75) is 106 Å². The number of carbonyl (C=O) groups excluding carboxylic acids is 4. The molecule has 20 heteroatoms. The molecule has 2 aliphatic carbocycles. The monoisotopic (exact) mass is 843 g/mol. The molecule has 4 aliphatic rings. The number of hydrogen-bond acceptors (Lipinski definition) is 10. The summed E-state index contributed by atoms with van der Waals surface area (Å²) < 4.78 is 111. The van der Waals surface area contributed by atoms with Crippen molar-refractivity contribution in [1.29, 1.82) is 0 Å². The summed E-state index contributed by atoms with van der Waals surface area (Å²) in [5, 5.41) is 5.60. The number of alkyl halides is 4. The van der Waals surface area contributed by atoms with Crippen molar-refractivity contribution in [3.05, 3.63) is 42.4 Å². The second kappa shape index (κ2) is 16.1. The smallest absolute Gasteiger partial charge is 0.425 e. The van der Waals surface area contributed by atoms with Crippen LogP contribution in [0.5, 0.6) is 11.6 Å². The standard InChI is InChI=1S/C38H46F5N5O9S/c1-20-7-5-6-8-23-17-37(23,34(51)47-58(53,54)36(19-39)10-11-36)46-31(49)28-16-25(57-32-27-14-24(40)15-29(55-4)26(27)9-12-44-32)18-48(28)33(50)30(21(2)13-20)45-35(52)56-22(3)38(41,42)43/h6,8-9,12,14-15,20-23,25,28,30H,5,7,10-11,13,16-19H2,1-4H3,(H,45,52)(H,46,49)(H,47,51)/b8-6-/t20-,21+,22+,23+,25+,28-,30-,37+/m0/s1. The molecule has 2 saturated carbocycles. The van der Waals surface area contributed by atoms with Gasteiger partial charge in [-0.2, -0.15) is 13.2 Å². The van der Waals surface area contributed by atoms with Gasteiger partial charge < -0.3 is 29.7 Å². The lowest BCUT2D eigenvalue weighted by atomic mass is 9.88. The van der Waals surface area contributed by atoms with Crippen LogP contribution < -0.4 is 24.8 Å². The molecule has 0 radical (unpaired) electrons. The van der Waals surface area contributed by atoms with E-state index in [2.05, 4.69) is 20.4 Å². The van der Waals surface area contributed by atoms with Crippen LogP contribution in [0.25, 0.3) is 10.8 Å². The summed E-state index contributed by atoms with van der Waals surface area (Å²) in [6, 6.07) is 0.934. The normalized spacial score (nSPS) is 29.7. The molecule has 8 atom stereocenters. The Morgan fingerprint density at radius 3 is 2.52 bits per heavy atom. The molecule has 3 fully saturated rings. The van der Waals surface area contributed by atoms with Gasteiger partial charge in [-0.05, 0) is 69.4 Å². The fraction of sp³-hybridized carbons (Fsp3) is 0.605. The van der Waals surface area contributed by atoms with Crippen molar-refractivity contribution < 1.29 is 63.8 Å². The van der Waals surface area contributed by atoms with Crippen molar-refractivity contribution in [3.8, 4) is 11.6 Å². The molecule has 1 aromatic heterocycles. The van der Waals surface area contributed by atoms with Gasteiger partial charge in [0.1, 0.15) is 46.7 Å². The Kier molecular flexibility index (Phi) is 11.9. The molecule has 6 rings (SSSR count). The zero-order chi connectivity index (χ0) is 42.4. The first-order chi connectivity index (χ1) is 27.2. The first-order valence-corrected chi connectivity index (χ1v) is 20.5. The van der Waals surface area contributed by atoms with E-state index in [4.69, 9.17) is 9.47 Å². The van der Waals surface area contributed by atoms with Gasteiger partial charge >= 0.3 is 12.3 Å². The molecule has 3 N–H and O–H groups in total. The SMILES string of the molecule is COc1cc(F)cc2c(O[C@@H]3C[C@H]4C(=O)N[C@]5(C(=O)NS(=O)(=O)C6(CF)CC6)C[C@H]5/C=C\CC[C@H](C)C[C@@H](C)[C@H](NC(=O)O[C@H](C)C(F)(F)F)C(=O)N4C3)nccc12. The maximum absolute atomic E-state index is 14.7. The first-order valence-electron chi connectivity index (χ1n) is 19.0. The number of halogens is 5. The van der Waals surface area contributed by atoms with Crippen LogP contribution in [0, 0.1) is 23.6 Å². The van der Waals surface area contributed by atoms with E-state index in [0.717, 1.165) is 17.0 Å².